The van der Waals surface area contributed by atoms with Crippen LogP contribution in [0.5, 0.6) is 0 Å². The highest BCUT2D eigenvalue weighted by atomic mass is 32.2. The predicted octanol–water partition coefficient (Wildman–Crippen LogP) is 4.81. The van der Waals surface area contributed by atoms with E-state index in [2.05, 4.69) is 0 Å². The minimum atomic E-state index is -4.21. The summed E-state index contributed by atoms with van der Waals surface area (Å²) in [4.78, 5) is 11.4. The first-order chi connectivity index (χ1) is 9.86. The molecule has 0 bridgehead atoms. The van der Waals surface area contributed by atoms with E-state index in [1.165, 1.54) is 23.9 Å². The predicted molar refractivity (Wildman–Crippen MR) is 76.6 cm³/mol. The van der Waals surface area contributed by atoms with Crippen LogP contribution in [0.4, 0.5) is 13.2 Å². The van der Waals surface area contributed by atoms with E-state index in [1.54, 1.807) is 24.3 Å². The standard InChI is InChI=1S/C8H8O2S.C7H5F3/c1-11-7-5-3-2-4-6(7)8(9)10;8-7(9,10)6-4-2-1-3-5-6/h2-5H,1H3,(H,9,10);1-5H. The molecule has 0 aliphatic heterocycles. The Labute approximate surface area is 124 Å². The van der Waals surface area contributed by atoms with E-state index in [4.69, 9.17) is 5.11 Å². The van der Waals surface area contributed by atoms with Crippen LogP contribution < -0.4 is 0 Å². The molecule has 0 heterocycles. The van der Waals surface area contributed by atoms with Crippen LogP contribution in [0.15, 0.2) is 59.5 Å². The topological polar surface area (TPSA) is 37.3 Å². The molecule has 0 aliphatic rings. The van der Waals surface area contributed by atoms with E-state index < -0.39 is 17.7 Å². The fourth-order valence-electron chi connectivity index (χ4n) is 1.45. The number of benzene rings is 2. The molecule has 0 fully saturated rings. The molecule has 1 N–H and O–H groups in total. The molecule has 6 heteroatoms. The SMILES string of the molecule is CSc1ccccc1C(=O)O.FC(F)(F)c1ccccc1. The molecule has 0 saturated heterocycles. The molecular formula is C15H13F3O2S. The number of carboxylic acid groups (broad SMARTS) is 1. The quantitative estimate of drug-likeness (QED) is 0.808. The zero-order valence-electron chi connectivity index (χ0n) is 11.1. The maximum absolute atomic E-state index is 11.8. The second-order valence-electron chi connectivity index (χ2n) is 3.87. The van der Waals surface area contributed by atoms with Crippen molar-refractivity contribution < 1.29 is 23.1 Å². The highest BCUT2D eigenvalue weighted by Crippen LogP contribution is 2.28. The normalized spacial score (nSPS) is 10.5. The van der Waals surface area contributed by atoms with Gasteiger partial charge in [0.05, 0.1) is 11.1 Å². The first-order valence-corrected chi connectivity index (χ1v) is 7.07. The summed E-state index contributed by atoms with van der Waals surface area (Å²) in [5.74, 6) is -0.866. The lowest BCUT2D eigenvalue weighted by Gasteiger charge is -2.03. The van der Waals surface area contributed by atoms with Crippen molar-refractivity contribution >= 4 is 17.7 Å². The lowest BCUT2D eigenvalue weighted by Crippen LogP contribution is -2.03. The van der Waals surface area contributed by atoms with Crippen LogP contribution in [0.2, 0.25) is 0 Å². The number of carboxylic acids is 1. The molecule has 0 amide bonds. The Hall–Kier alpha value is -1.95. The largest absolute Gasteiger partial charge is 0.478 e. The number of hydrogen-bond donors (Lipinski definition) is 1. The van der Waals surface area contributed by atoms with Crippen molar-refractivity contribution in [2.24, 2.45) is 0 Å². The Balaban J connectivity index is 0.000000211. The number of halogens is 3. The third kappa shape index (κ3) is 5.51. The molecule has 0 saturated carbocycles. The Morgan fingerprint density at radius 1 is 1.00 bits per heavy atom. The van der Waals surface area contributed by atoms with Crippen LogP contribution in [-0.4, -0.2) is 17.3 Å². The van der Waals surface area contributed by atoms with Crippen molar-refractivity contribution in [1.29, 1.82) is 0 Å². The minimum Gasteiger partial charge on any atom is -0.478 e. The lowest BCUT2D eigenvalue weighted by atomic mass is 10.2. The minimum absolute atomic E-state index is 0.375. The average molecular weight is 314 g/mol. The molecule has 0 radical (unpaired) electrons. The molecule has 0 atom stereocenters. The summed E-state index contributed by atoms with van der Waals surface area (Å²) in [6, 6.07) is 13.3. The van der Waals surface area contributed by atoms with Crippen molar-refractivity contribution in [2.45, 2.75) is 11.1 Å². The molecule has 21 heavy (non-hydrogen) atoms. The van der Waals surface area contributed by atoms with Gasteiger partial charge in [-0.05, 0) is 18.4 Å². The summed E-state index contributed by atoms with van der Waals surface area (Å²) < 4.78 is 35.4. The van der Waals surface area contributed by atoms with Crippen LogP contribution in [0.3, 0.4) is 0 Å². The monoisotopic (exact) mass is 314 g/mol. The summed E-state index contributed by atoms with van der Waals surface area (Å²) in [6.45, 7) is 0. The zero-order valence-corrected chi connectivity index (χ0v) is 11.9. The summed E-state index contributed by atoms with van der Waals surface area (Å²) in [5, 5.41) is 8.68. The van der Waals surface area contributed by atoms with Crippen LogP contribution in [0.1, 0.15) is 15.9 Å². The van der Waals surface area contributed by atoms with Crippen LogP contribution >= 0.6 is 11.8 Å². The van der Waals surface area contributed by atoms with Crippen LogP contribution in [0.25, 0.3) is 0 Å². The van der Waals surface area contributed by atoms with Crippen molar-refractivity contribution in [1.82, 2.24) is 0 Å². The highest BCUT2D eigenvalue weighted by molar-refractivity contribution is 7.98. The van der Waals surface area contributed by atoms with Gasteiger partial charge in [0.25, 0.3) is 0 Å². The molecule has 2 aromatic carbocycles. The number of thioether (sulfide) groups is 1. The first kappa shape index (κ1) is 17.1. The molecule has 0 aromatic heterocycles. The van der Waals surface area contributed by atoms with Crippen molar-refractivity contribution in [2.75, 3.05) is 6.26 Å². The molecule has 2 rings (SSSR count). The summed E-state index contributed by atoms with van der Waals surface area (Å²) >= 11 is 1.44. The summed E-state index contributed by atoms with van der Waals surface area (Å²) in [6.07, 6.45) is -2.34. The van der Waals surface area contributed by atoms with Gasteiger partial charge in [-0.3, -0.25) is 0 Å². The lowest BCUT2D eigenvalue weighted by molar-refractivity contribution is -0.137. The number of carbonyl (C=O) groups is 1. The van der Waals surface area contributed by atoms with Gasteiger partial charge in [-0.15, -0.1) is 11.8 Å². The van der Waals surface area contributed by atoms with Crippen LogP contribution in [0, 0.1) is 0 Å². The van der Waals surface area contributed by atoms with Gasteiger partial charge in [0.2, 0.25) is 0 Å². The molecule has 0 aliphatic carbocycles. The third-order valence-electron chi connectivity index (χ3n) is 2.44. The van der Waals surface area contributed by atoms with Gasteiger partial charge in [0, 0.05) is 4.90 Å². The van der Waals surface area contributed by atoms with E-state index >= 15 is 0 Å². The fourth-order valence-corrected chi connectivity index (χ4v) is 2.04. The van der Waals surface area contributed by atoms with E-state index in [0.29, 0.717) is 5.56 Å². The Morgan fingerprint density at radius 3 is 1.90 bits per heavy atom. The van der Waals surface area contributed by atoms with Crippen LogP contribution in [-0.2, 0) is 6.18 Å². The zero-order chi connectivity index (χ0) is 15.9. The van der Waals surface area contributed by atoms with E-state index in [-0.39, 0.29) is 0 Å². The average Bonchev–Trinajstić information content (AvgIpc) is 2.48. The first-order valence-electron chi connectivity index (χ1n) is 5.85. The number of hydrogen-bond acceptors (Lipinski definition) is 2. The maximum Gasteiger partial charge on any atom is 0.416 e. The fraction of sp³-hybridized carbons (Fsp3) is 0.133. The Kier molecular flexibility index (Phi) is 6.30. The van der Waals surface area contributed by atoms with Crippen molar-refractivity contribution in [3.05, 3.63) is 65.7 Å². The third-order valence-corrected chi connectivity index (χ3v) is 3.23. The van der Waals surface area contributed by atoms with Crippen molar-refractivity contribution in [3.8, 4) is 0 Å². The van der Waals surface area contributed by atoms with Crippen molar-refractivity contribution in [3.63, 3.8) is 0 Å². The number of rotatable bonds is 2. The molecular weight excluding hydrogens is 301 g/mol. The highest BCUT2D eigenvalue weighted by Gasteiger charge is 2.29. The van der Waals surface area contributed by atoms with E-state index in [0.717, 1.165) is 17.0 Å². The molecule has 112 valence electrons. The van der Waals surface area contributed by atoms with E-state index in [1.807, 2.05) is 12.3 Å². The van der Waals surface area contributed by atoms with Gasteiger partial charge >= 0.3 is 12.1 Å². The second kappa shape index (κ2) is 7.73. The molecule has 0 spiro atoms. The Morgan fingerprint density at radius 2 is 1.52 bits per heavy atom. The number of aromatic carboxylic acids is 1. The Bertz CT molecular complexity index is 583. The van der Waals surface area contributed by atoms with Gasteiger partial charge in [-0.1, -0.05) is 42.5 Å². The van der Waals surface area contributed by atoms with Gasteiger partial charge in [0.15, 0.2) is 0 Å². The van der Waals surface area contributed by atoms with Gasteiger partial charge < -0.3 is 5.11 Å². The summed E-state index contributed by atoms with van der Waals surface area (Å²) in [5.41, 5.74) is -0.227. The smallest absolute Gasteiger partial charge is 0.416 e. The number of alkyl halides is 3. The van der Waals surface area contributed by atoms with Gasteiger partial charge in [0.1, 0.15) is 0 Å². The molecule has 2 aromatic rings. The van der Waals surface area contributed by atoms with E-state index in [9.17, 15) is 18.0 Å². The molecule has 0 unspecified atom stereocenters. The van der Waals surface area contributed by atoms with Gasteiger partial charge in [-0.25, -0.2) is 4.79 Å². The molecule has 2 nitrogen and oxygen atoms in total. The van der Waals surface area contributed by atoms with Gasteiger partial charge in [-0.2, -0.15) is 13.2 Å². The maximum atomic E-state index is 11.8. The second-order valence-corrected chi connectivity index (χ2v) is 4.72. The summed E-state index contributed by atoms with van der Waals surface area (Å²) in [7, 11) is 0.